The van der Waals surface area contributed by atoms with Crippen LogP contribution in [0.3, 0.4) is 0 Å². The number of nitrogens with one attached hydrogen (secondary N) is 2. The summed E-state index contributed by atoms with van der Waals surface area (Å²) < 4.78 is 0. The number of hydrogen-bond acceptors (Lipinski definition) is 2. The van der Waals surface area contributed by atoms with Crippen LogP contribution in [0.4, 0.5) is 0 Å². The normalized spacial score (nSPS) is 24.1. The van der Waals surface area contributed by atoms with E-state index in [2.05, 4.69) is 10.6 Å². The molecule has 3 heteroatoms. The van der Waals surface area contributed by atoms with Gasteiger partial charge in [-0.15, -0.1) is 0 Å². The summed E-state index contributed by atoms with van der Waals surface area (Å²) in [6, 6.07) is 0.322. The Morgan fingerprint density at radius 2 is 2.36 bits per heavy atom. The van der Waals surface area contributed by atoms with Gasteiger partial charge in [0.2, 0.25) is 5.91 Å². The van der Waals surface area contributed by atoms with Crippen molar-refractivity contribution < 1.29 is 4.79 Å². The lowest BCUT2D eigenvalue weighted by Crippen LogP contribution is -2.43. The molecule has 0 saturated carbocycles. The predicted octanol–water partition coefficient (Wildman–Crippen LogP) is 0.263. The molecule has 0 aromatic rings. The average molecular weight is 156 g/mol. The Balaban J connectivity index is 2.28. The first-order valence-corrected chi connectivity index (χ1v) is 4.24. The maximum absolute atomic E-state index is 11.3. The fraction of sp³-hybridized carbons (Fsp3) is 0.875. The molecule has 0 spiro atoms. The van der Waals surface area contributed by atoms with Crippen LogP contribution in [0.5, 0.6) is 0 Å². The van der Waals surface area contributed by atoms with E-state index < -0.39 is 0 Å². The Morgan fingerprint density at radius 1 is 1.64 bits per heavy atom. The van der Waals surface area contributed by atoms with Gasteiger partial charge >= 0.3 is 0 Å². The van der Waals surface area contributed by atoms with Gasteiger partial charge in [0.05, 0.1) is 6.04 Å². The SMILES string of the molecule is CC(C)NC(=O)[C@H]1CCCN1. The largest absolute Gasteiger partial charge is 0.353 e. The van der Waals surface area contributed by atoms with Crippen LogP contribution in [0.15, 0.2) is 0 Å². The smallest absolute Gasteiger partial charge is 0.237 e. The van der Waals surface area contributed by atoms with Crippen LogP contribution in [-0.4, -0.2) is 24.5 Å². The summed E-state index contributed by atoms with van der Waals surface area (Å²) in [5, 5.41) is 6.03. The lowest BCUT2D eigenvalue weighted by molar-refractivity contribution is -0.123. The first kappa shape index (κ1) is 8.53. The minimum Gasteiger partial charge on any atom is -0.353 e. The topological polar surface area (TPSA) is 41.1 Å². The van der Waals surface area contributed by atoms with Crippen molar-refractivity contribution in [2.45, 2.75) is 38.8 Å². The standard InChI is InChI=1S/C8H16N2O/c1-6(2)10-8(11)7-4-3-5-9-7/h6-7,9H,3-5H2,1-2H3,(H,10,11)/t7-/m1/s1. The van der Waals surface area contributed by atoms with Crippen molar-refractivity contribution in [2.24, 2.45) is 0 Å². The van der Waals surface area contributed by atoms with Gasteiger partial charge in [0.25, 0.3) is 0 Å². The molecule has 1 aliphatic rings. The summed E-state index contributed by atoms with van der Waals surface area (Å²) in [6.45, 7) is 4.94. The summed E-state index contributed by atoms with van der Waals surface area (Å²) in [5.74, 6) is 0.150. The fourth-order valence-corrected chi connectivity index (χ4v) is 1.29. The van der Waals surface area contributed by atoms with Gasteiger partial charge in [-0.25, -0.2) is 0 Å². The molecular weight excluding hydrogens is 140 g/mol. The fourth-order valence-electron chi connectivity index (χ4n) is 1.29. The molecule has 0 aromatic carbocycles. The van der Waals surface area contributed by atoms with Crippen molar-refractivity contribution in [3.8, 4) is 0 Å². The van der Waals surface area contributed by atoms with E-state index in [1.165, 1.54) is 0 Å². The van der Waals surface area contributed by atoms with E-state index in [0.717, 1.165) is 19.4 Å². The van der Waals surface area contributed by atoms with Gasteiger partial charge in [0, 0.05) is 6.04 Å². The summed E-state index contributed by atoms with van der Waals surface area (Å²) >= 11 is 0. The first-order valence-electron chi connectivity index (χ1n) is 4.24. The molecule has 2 N–H and O–H groups in total. The molecule has 11 heavy (non-hydrogen) atoms. The van der Waals surface area contributed by atoms with Gasteiger partial charge < -0.3 is 10.6 Å². The monoisotopic (exact) mass is 156 g/mol. The molecule has 1 aliphatic heterocycles. The highest BCUT2D eigenvalue weighted by molar-refractivity contribution is 5.82. The van der Waals surface area contributed by atoms with Crippen molar-refractivity contribution in [1.29, 1.82) is 0 Å². The number of carbonyl (C=O) groups is 1. The molecule has 1 atom stereocenters. The minimum absolute atomic E-state index is 0.0670. The summed E-state index contributed by atoms with van der Waals surface area (Å²) in [4.78, 5) is 11.3. The van der Waals surface area contributed by atoms with Crippen molar-refractivity contribution in [2.75, 3.05) is 6.54 Å². The van der Waals surface area contributed by atoms with Crippen LogP contribution < -0.4 is 10.6 Å². The lowest BCUT2D eigenvalue weighted by atomic mass is 10.2. The molecular formula is C8H16N2O. The Labute approximate surface area is 67.5 Å². The number of hydrogen-bond donors (Lipinski definition) is 2. The zero-order valence-corrected chi connectivity index (χ0v) is 7.18. The maximum Gasteiger partial charge on any atom is 0.237 e. The molecule has 64 valence electrons. The van der Waals surface area contributed by atoms with E-state index in [1.807, 2.05) is 13.8 Å². The third kappa shape index (κ3) is 2.50. The molecule has 0 unspecified atom stereocenters. The van der Waals surface area contributed by atoms with Gasteiger partial charge in [0.15, 0.2) is 0 Å². The van der Waals surface area contributed by atoms with Crippen molar-refractivity contribution in [3.63, 3.8) is 0 Å². The summed E-state index contributed by atoms with van der Waals surface area (Å²) in [7, 11) is 0. The summed E-state index contributed by atoms with van der Waals surface area (Å²) in [6.07, 6.45) is 2.11. The maximum atomic E-state index is 11.3. The zero-order valence-electron chi connectivity index (χ0n) is 7.18. The van der Waals surface area contributed by atoms with Crippen molar-refractivity contribution >= 4 is 5.91 Å². The molecule has 0 radical (unpaired) electrons. The van der Waals surface area contributed by atoms with Crippen LogP contribution >= 0.6 is 0 Å². The summed E-state index contributed by atoms with van der Waals surface area (Å²) in [5.41, 5.74) is 0. The van der Waals surface area contributed by atoms with Gasteiger partial charge in [0.1, 0.15) is 0 Å². The quantitative estimate of drug-likeness (QED) is 0.602. The molecule has 1 heterocycles. The van der Waals surface area contributed by atoms with Gasteiger partial charge in [-0.05, 0) is 33.2 Å². The van der Waals surface area contributed by atoms with E-state index >= 15 is 0 Å². The van der Waals surface area contributed by atoms with Crippen LogP contribution in [0.25, 0.3) is 0 Å². The molecule has 3 nitrogen and oxygen atoms in total. The van der Waals surface area contributed by atoms with E-state index in [4.69, 9.17) is 0 Å². The van der Waals surface area contributed by atoms with Crippen LogP contribution in [-0.2, 0) is 4.79 Å². The number of carbonyl (C=O) groups excluding carboxylic acids is 1. The molecule has 1 fully saturated rings. The van der Waals surface area contributed by atoms with Crippen LogP contribution in [0.1, 0.15) is 26.7 Å². The second-order valence-corrected chi connectivity index (χ2v) is 3.31. The molecule has 1 rings (SSSR count). The van der Waals surface area contributed by atoms with Crippen molar-refractivity contribution in [3.05, 3.63) is 0 Å². The van der Waals surface area contributed by atoms with Crippen LogP contribution in [0.2, 0.25) is 0 Å². The second-order valence-electron chi connectivity index (χ2n) is 3.31. The van der Waals surface area contributed by atoms with E-state index in [1.54, 1.807) is 0 Å². The Morgan fingerprint density at radius 3 is 2.82 bits per heavy atom. The molecule has 0 aliphatic carbocycles. The molecule has 0 aromatic heterocycles. The molecule has 1 saturated heterocycles. The van der Waals surface area contributed by atoms with Crippen LogP contribution in [0, 0.1) is 0 Å². The minimum atomic E-state index is 0.0670. The van der Waals surface area contributed by atoms with Crippen molar-refractivity contribution in [1.82, 2.24) is 10.6 Å². The molecule has 1 amide bonds. The predicted molar refractivity (Wildman–Crippen MR) is 44.3 cm³/mol. The van der Waals surface area contributed by atoms with Gasteiger partial charge in [-0.3, -0.25) is 4.79 Å². The zero-order chi connectivity index (χ0) is 8.27. The van der Waals surface area contributed by atoms with E-state index in [-0.39, 0.29) is 18.0 Å². The molecule has 0 bridgehead atoms. The third-order valence-corrected chi connectivity index (χ3v) is 1.81. The Bertz CT molecular complexity index is 139. The van der Waals surface area contributed by atoms with E-state index in [9.17, 15) is 4.79 Å². The van der Waals surface area contributed by atoms with E-state index in [0.29, 0.717) is 0 Å². The Kier molecular flexibility index (Phi) is 2.88. The lowest BCUT2D eigenvalue weighted by Gasteiger charge is -2.13. The highest BCUT2D eigenvalue weighted by atomic mass is 16.2. The Hall–Kier alpha value is -0.570. The second kappa shape index (κ2) is 3.72. The number of rotatable bonds is 2. The number of amides is 1. The average Bonchev–Trinajstić information content (AvgIpc) is 2.35. The highest BCUT2D eigenvalue weighted by Gasteiger charge is 2.21. The van der Waals surface area contributed by atoms with Gasteiger partial charge in [-0.1, -0.05) is 0 Å². The first-order chi connectivity index (χ1) is 5.20. The highest BCUT2D eigenvalue weighted by Crippen LogP contribution is 2.04. The van der Waals surface area contributed by atoms with Gasteiger partial charge in [-0.2, -0.15) is 0 Å². The third-order valence-electron chi connectivity index (χ3n) is 1.81.